The molecular weight excluding hydrogens is 353 g/mol. The number of nitriles is 1. The molecule has 4 rings (SSSR count). The topological polar surface area (TPSA) is 67.2 Å². The van der Waals surface area contributed by atoms with Crippen molar-refractivity contribution < 1.29 is 13.9 Å². The molecule has 1 aliphatic heterocycles. The first-order valence-corrected chi connectivity index (χ1v) is 8.59. The van der Waals surface area contributed by atoms with Crippen LogP contribution in [0.5, 0.6) is 11.5 Å². The first-order chi connectivity index (χ1) is 12.7. The van der Waals surface area contributed by atoms with Gasteiger partial charge in [-0.2, -0.15) is 5.26 Å². The lowest BCUT2D eigenvalue weighted by atomic mass is 10.2. The van der Waals surface area contributed by atoms with Gasteiger partial charge < -0.3 is 14.8 Å². The maximum Gasteiger partial charge on any atom is 0.231 e. The minimum atomic E-state index is -0.297. The fourth-order valence-electron chi connectivity index (χ4n) is 2.43. The maximum atomic E-state index is 13.0. The molecule has 128 valence electrons. The van der Waals surface area contributed by atoms with Gasteiger partial charge in [0, 0.05) is 28.9 Å². The molecule has 2 aromatic carbocycles. The summed E-state index contributed by atoms with van der Waals surface area (Å²) >= 11 is 1.36. The van der Waals surface area contributed by atoms with Crippen molar-refractivity contribution in [3.8, 4) is 28.8 Å². The van der Waals surface area contributed by atoms with Gasteiger partial charge in [-0.3, -0.25) is 0 Å². The lowest BCUT2D eigenvalue weighted by Crippen LogP contribution is -1.93. The van der Waals surface area contributed by atoms with E-state index in [4.69, 9.17) is 9.47 Å². The van der Waals surface area contributed by atoms with Gasteiger partial charge in [-0.1, -0.05) is 0 Å². The Kier molecular flexibility index (Phi) is 4.25. The minimum Gasteiger partial charge on any atom is -0.454 e. The van der Waals surface area contributed by atoms with Gasteiger partial charge in [-0.25, -0.2) is 9.37 Å². The average molecular weight is 365 g/mol. The van der Waals surface area contributed by atoms with E-state index in [1.54, 1.807) is 30.5 Å². The number of rotatable bonds is 4. The van der Waals surface area contributed by atoms with Crippen molar-refractivity contribution in [3.63, 3.8) is 0 Å². The van der Waals surface area contributed by atoms with E-state index in [2.05, 4.69) is 16.4 Å². The van der Waals surface area contributed by atoms with Gasteiger partial charge in [0.2, 0.25) is 6.79 Å². The highest BCUT2D eigenvalue weighted by atomic mass is 32.1. The number of hydrogen-bond acceptors (Lipinski definition) is 6. The zero-order valence-corrected chi connectivity index (χ0v) is 14.2. The second-order valence-corrected chi connectivity index (χ2v) is 6.29. The molecule has 1 aromatic heterocycles. The molecule has 0 amide bonds. The first-order valence-electron chi connectivity index (χ1n) is 7.71. The van der Waals surface area contributed by atoms with Gasteiger partial charge in [0.25, 0.3) is 0 Å². The third-order valence-electron chi connectivity index (χ3n) is 3.75. The second-order valence-electron chi connectivity index (χ2n) is 5.43. The Morgan fingerprint density at radius 3 is 2.81 bits per heavy atom. The number of aromatic nitrogens is 1. The largest absolute Gasteiger partial charge is 0.454 e. The van der Waals surface area contributed by atoms with Crippen molar-refractivity contribution in [1.82, 2.24) is 4.98 Å². The van der Waals surface area contributed by atoms with Crippen molar-refractivity contribution in [2.45, 2.75) is 0 Å². The number of thiazole rings is 1. The van der Waals surface area contributed by atoms with Crippen molar-refractivity contribution in [2.75, 3.05) is 12.1 Å². The minimum absolute atomic E-state index is 0.212. The highest BCUT2D eigenvalue weighted by molar-refractivity contribution is 7.11. The molecule has 0 unspecified atom stereocenters. The number of ether oxygens (including phenoxy) is 2. The predicted molar refractivity (Wildman–Crippen MR) is 97.3 cm³/mol. The summed E-state index contributed by atoms with van der Waals surface area (Å²) in [5, 5.41) is 14.9. The lowest BCUT2D eigenvalue weighted by molar-refractivity contribution is 0.174. The number of nitrogens with one attached hydrogen (secondary N) is 1. The number of fused-ring (bicyclic) bond motifs is 1. The Hall–Kier alpha value is -3.37. The number of hydrogen-bond donors (Lipinski definition) is 1. The molecular formula is C19H12FN3O2S. The third kappa shape index (κ3) is 3.23. The molecule has 5 nitrogen and oxygen atoms in total. The van der Waals surface area contributed by atoms with Crippen LogP contribution >= 0.6 is 11.3 Å². The zero-order valence-electron chi connectivity index (χ0n) is 13.4. The Bertz CT molecular complexity index is 1020. The second kappa shape index (κ2) is 6.86. The molecule has 2 heterocycles. The highest BCUT2D eigenvalue weighted by Gasteiger charge is 2.13. The van der Waals surface area contributed by atoms with E-state index < -0.39 is 0 Å². The van der Waals surface area contributed by atoms with Crippen LogP contribution in [-0.4, -0.2) is 11.8 Å². The summed E-state index contributed by atoms with van der Waals surface area (Å²) in [4.78, 5) is 4.47. The van der Waals surface area contributed by atoms with Crippen LogP contribution in [0.1, 0.15) is 5.01 Å². The van der Waals surface area contributed by atoms with Crippen LogP contribution in [0.4, 0.5) is 10.1 Å². The van der Waals surface area contributed by atoms with Crippen molar-refractivity contribution in [2.24, 2.45) is 0 Å². The van der Waals surface area contributed by atoms with Crippen molar-refractivity contribution in [1.29, 1.82) is 5.26 Å². The van der Waals surface area contributed by atoms with E-state index in [0.717, 1.165) is 11.3 Å². The van der Waals surface area contributed by atoms with Crippen molar-refractivity contribution >= 4 is 22.6 Å². The fourth-order valence-corrected chi connectivity index (χ4v) is 3.23. The molecule has 0 spiro atoms. The standard InChI is InChI=1S/C19H12FN3O2S/c20-14-3-1-12(2-4-14)16-10-26-19(23-16)13(8-21)9-22-15-5-6-17-18(7-15)25-11-24-17/h1-7,9-10,22H,11H2. The number of benzene rings is 2. The molecule has 7 heteroatoms. The predicted octanol–water partition coefficient (Wildman–Crippen LogP) is 4.65. The Morgan fingerprint density at radius 1 is 1.19 bits per heavy atom. The van der Waals surface area contributed by atoms with Gasteiger partial charge >= 0.3 is 0 Å². The Balaban J connectivity index is 1.55. The molecule has 3 aromatic rings. The molecule has 0 saturated carbocycles. The van der Waals surface area contributed by atoms with Crippen LogP contribution in [0.3, 0.4) is 0 Å². The van der Waals surface area contributed by atoms with Crippen LogP contribution in [0.2, 0.25) is 0 Å². The summed E-state index contributed by atoms with van der Waals surface area (Å²) < 4.78 is 23.6. The van der Waals surface area contributed by atoms with Gasteiger partial charge in [0.05, 0.1) is 5.69 Å². The number of anilines is 1. The number of halogens is 1. The molecule has 0 radical (unpaired) electrons. The van der Waals surface area contributed by atoms with Gasteiger partial charge in [0.15, 0.2) is 11.5 Å². The molecule has 0 bridgehead atoms. The highest BCUT2D eigenvalue weighted by Crippen LogP contribution is 2.34. The maximum absolute atomic E-state index is 13.0. The fraction of sp³-hybridized carbons (Fsp3) is 0.0526. The summed E-state index contributed by atoms with van der Waals surface area (Å²) in [6.07, 6.45) is 1.60. The molecule has 26 heavy (non-hydrogen) atoms. The quantitative estimate of drug-likeness (QED) is 0.682. The van der Waals surface area contributed by atoms with E-state index in [9.17, 15) is 9.65 Å². The summed E-state index contributed by atoms with van der Waals surface area (Å²) in [7, 11) is 0. The molecule has 0 atom stereocenters. The SMILES string of the molecule is N#CC(=CNc1ccc2c(c1)OCO2)c1nc(-c2ccc(F)cc2)cs1. The summed E-state index contributed by atoms with van der Waals surface area (Å²) in [6, 6.07) is 13.7. The Morgan fingerprint density at radius 2 is 2.00 bits per heavy atom. The van der Waals surface area contributed by atoms with Gasteiger partial charge in [0.1, 0.15) is 22.5 Å². The summed E-state index contributed by atoms with van der Waals surface area (Å²) in [5.41, 5.74) is 2.68. The van der Waals surface area contributed by atoms with E-state index in [1.165, 1.54) is 23.5 Å². The van der Waals surface area contributed by atoms with Crippen LogP contribution in [0.15, 0.2) is 54.0 Å². The first kappa shape index (κ1) is 16.1. The smallest absolute Gasteiger partial charge is 0.231 e. The zero-order chi connectivity index (χ0) is 17.9. The molecule has 1 N–H and O–H groups in total. The molecule has 1 aliphatic rings. The molecule has 0 fully saturated rings. The van der Waals surface area contributed by atoms with Crippen LogP contribution in [0, 0.1) is 17.1 Å². The normalized spacial score (nSPS) is 12.7. The lowest BCUT2D eigenvalue weighted by Gasteiger charge is -2.03. The van der Waals surface area contributed by atoms with E-state index >= 15 is 0 Å². The number of nitrogens with zero attached hydrogens (tertiary/aromatic N) is 2. The van der Waals surface area contributed by atoms with Crippen LogP contribution in [-0.2, 0) is 0 Å². The van der Waals surface area contributed by atoms with Crippen LogP contribution in [0.25, 0.3) is 16.8 Å². The van der Waals surface area contributed by atoms with Gasteiger partial charge in [-0.05, 0) is 36.4 Å². The number of allylic oxidation sites excluding steroid dienone is 1. The molecule has 0 aliphatic carbocycles. The summed E-state index contributed by atoms with van der Waals surface area (Å²) in [5.74, 6) is 1.06. The van der Waals surface area contributed by atoms with Gasteiger partial charge in [-0.15, -0.1) is 11.3 Å². The monoisotopic (exact) mass is 365 g/mol. The third-order valence-corrected chi connectivity index (χ3v) is 4.63. The van der Waals surface area contributed by atoms with Crippen LogP contribution < -0.4 is 14.8 Å². The van der Waals surface area contributed by atoms with E-state index in [1.807, 2.05) is 11.4 Å². The van der Waals surface area contributed by atoms with E-state index in [-0.39, 0.29) is 12.6 Å². The average Bonchev–Trinajstić information content (AvgIpc) is 3.32. The Labute approximate surface area is 153 Å². The van der Waals surface area contributed by atoms with E-state index in [0.29, 0.717) is 27.8 Å². The summed E-state index contributed by atoms with van der Waals surface area (Å²) in [6.45, 7) is 0.212. The van der Waals surface area contributed by atoms with Crippen molar-refractivity contribution in [3.05, 3.63) is 64.9 Å². The molecule has 0 saturated heterocycles.